The molecular weight excluding hydrogens is 1050 g/mol. The molecule has 0 radical (unpaired) electrons. The Bertz CT molecular complexity index is 2840. The molecule has 6 rings (SSSR count). The summed E-state index contributed by atoms with van der Waals surface area (Å²) >= 11 is 0. The van der Waals surface area contributed by atoms with Gasteiger partial charge in [-0.25, -0.2) is 4.98 Å². The molecule has 0 aliphatic carbocycles. The zero-order valence-corrected chi connectivity index (χ0v) is 49.2. The minimum atomic E-state index is -1.42. The standard InChI is InChI=1S/C59H83N5O17/c1-13-43-35(3)49-31-52-45(32-77-59-58(80-42(10)68)57(79-41(9)67)56(78-40(8)66)53(81-59)33-76-39(7)65)37(5)48(62-52)30-50-36(4)44(55(63-50)38(6)47-28-34(2)46(60-47)29-51(43)61-49)14-15-54(69)64(11)16-17-71-20-21-73-24-25-75-27-26-74-23-22-72-19-18-70-12/h28-31,36,44,53,56-60,62H,13-27,32-33H2,1-12H3/t36-,44-,53+,56+,57-,58+,59+/m0/s1. The van der Waals surface area contributed by atoms with Crippen molar-refractivity contribution in [1.29, 1.82) is 0 Å². The van der Waals surface area contributed by atoms with Gasteiger partial charge in [-0.2, -0.15) is 0 Å². The van der Waals surface area contributed by atoms with Gasteiger partial charge in [0.25, 0.3) is 0 Å². The molecule has 3 aromatic rings. The number of nitrogens with zero attached hydrogens (tertiary/aromatic N) is 3. The van der Waals surface area contributed by atoms with Gasteiger partial charge in [-0.05, 0) is 92.6 Å². The molecule has 446 valence electrons. The molecule has 0 unspecified atom stereocenters. The average molecular weight is 1130 g/mol. The SMILES string of the molecule is CCC1=C(C)c2cc3[nH]c(cc4nc(c(C)c5cc(C)c(cc1n2)[nH]5)[C@@H](CCC(=O)N(C)CCOCCOCCOCCOCCOCCOC)[C@@H]4C)c(C)c3CO[C@@H]1O[C@H](COC(C)=O)[C@@H](OC(C)=O)[C@H](OC(C)=O)[C@H]1OC(C)=O. The van der Waals surface area contributed by atoms with E-state index in [1.54, 1.807) is 19.1 Å². The van der Waals surface area contributed by atoms with Crippen molar-refractivity contribution in [3.63, 3.8) is 0 Å². The molecule has 3 aliphatic heterocycles. The molecule has 2 N–H and O–H groups in total. The van der Waals surface area contributed by atoms with Crippen LogP contribution in [-0.2, 0) is 87.4 Å². The maximum absolute atomic E-state index is 13.8. The Balaban J connectivity index is 1.23. The first-order valence-corrected chi connectivity index (χ1v) is 27.8. The molecule has 0 spiro atoms. The highest BCUT2D eigenvalue weighted by molar-refractivity contribution is 5.93. The number of rotatable bonds is 30. The van der Waals surface area contributed by atoms with Gasteiger partial charge in [0.1, 0.15) is 12.7 Å². The van der Waals surface area contributed by atoms with Gasteiger partial charge in [-0.15, -0.1) is 0 Å². The van der Waals surface area contributed by atoms with Gasteiger partial charge in [0, 0.05) is 106 Å². The van der Waals surface area contributed by atoms with Crippen molar-refractivity contribution in [1.82, 2.24) is 24.8 Å². The van der Waals surface area contributed by atoms with Gasteiger partial charge in [-0.1, -0.05) is 13.8 Å². The van der Waals surface area contributed by atoms with Crippen LogP contribution < -0.4 is 0 Å². The molecule has 6 heterocycles. The second kappa shape index (κ2) is 31.4. The number of aromatic nitrogens is 4. The molecule has 81 heavy (non-hydrogen) atoms. The second-order valence-electron chi connectivity index (χ2n) is 20.3. The topological polar surface area (TPSA) is 257 Å². The molecular formula is C59H83N5O17. The maximum atomic E-state index is 13.8. The number of allylic oxidation sites excluding steroid dienone is 2. The zero-order valence-electron chi connectivity index (χ0n) is 49.2. The number of hydrogen-bond acceptors (Lipinski definition) is 19. The van der Waals surface area contributed by atoms with E-state index >= 15 is 0 Å². The monoisotopic (exact) mass is 1130 g/mol. The molecule has 3 aliphatic rings. The smallest absolute Gasteiger partial charge is 0.303 e. The number of nitrogens with one attached hydrogen (secondary N) is 2. The summed E-state index contributed by atoms with van der Waals surface area (Å²) in [7, 11) is 3.42. The van der Waals surface area contributed by atoms with Crippen LogP contribution in [0.4, 0.5) is 0 Å². The number of carbonyl (C=O) groups excluding carboxylic acids is 5. The Labute approximate surface area is 474 Å². The summed E-state index contributed by atoms with van der Waals surface area (Å²) in [6.07, 6.45) is -5.22. The number of methoxy groups -OCH3 is 1. The Morgan fingerprint density at radius 2 is 1.20 bits per heavy atom. The first kappa shape index (κ1) is 64.1. The minimum Gasteiger partial charge on any atom is -0.463 e. The summed E-state index contributed by atoms with van der Waals surface area (Å²) in [6.45, 7) is 22.0. The second-order valence-corrected chi connectivity index (χ2v) is 20.3. The Kier molecular flexibility index (Phi) is 24.8. The zero-order chi connectivity index (χ0) is 58.8. The quantitative estimate of drug-likeness (QED) is 0.0385. The van der Waals surface area contributed by atoms with Crippen molar-refractivity contribution in [2.45, 2.75) is 138 Å². The van der Waals surface area contributed by atoms with Crippen LogP contribution in [0.25, 0.3) is 33.2 Å². The highest BCUT2D eigenvalue weighted by Crippen LogP contribution is 2.42. The van der Waals surface area contributed by atoms with Crippen LogP contribution in [0.3, 0.4) is 0 Å². The lowest BCUT2D eigenvalue weighted by molar-refractivity contribution is -0.310. The normalized spacial score (nSPS) is 19.8. The predicted molar refractivity (Wildman–Crippen MR) is 299 cm³/mol. The number of aryl methyl sites for hydroxylation is 3. The maximum Gasteiger partial charge on any atom is 0.303 e. The van der Waals surface area contributed by atoms with E-state index in [-0.39, 0.29) is 30.8 Å². The largest absolute Gasteiger partial charge is 0.463 e. The fraction of sp³-hybridized carbons (Fsp3) is 0.610. The van der Waals surface area contributed by atoms with E-state index in [0.29, 0.717) is 96.7 Å². The summed E-state index contributed by atoms with van der Waals surface area (Å²) < 4.78 is 68.0. The number of fused-ring (bicyclic) bond motifs is 8. The highest BCUT2D eigenvalue weighted by atomic mass is 16.7. The van der Waals surface area contributed by atoms with Crippen LogP contribution in [0, 0.1) is 20.8 Å². The first-order chi connectivity index (χ1) is 38.8. The van der Waals surface area contributed by atoms with E-state index in [4.69, 9.17) is 66.8 Å². The van der Waals surface area contributed by atoms with Gasteiger partial charge in [-0.3, -0.25) is 29.0 Å². The van der Waals surface area contributed by atoms with Crippen molar-refractivity contribution in [2.75, 3.05) is 100.0 Å². The molecule has 0 saturated carbocycles. The third-order valence-corrected chi connectivity index (χ3v) is 14.5. The van der Waals surface area contributed by atoms with E-state index in [0.717, 1.165) is 87.4 Å². The molecule has 1 fully saturated rings. The van der Waals surface area contributed by atoms with Crippen LogP contribution >= 0.6 is 0 Å². The van der Waals surface area contributed by atoms with Gasteiger partial charge < -0.3 is 71.7 Å². The van der Waals surface area contributed by atoms with Crippen molar-refractivity contribution < 1.29 is 80.8 Å². The predicted octanol–water partition coefficient (Wildman–Crippen LogP) is 7.04. The minimum absolute atomic E-state index is 0.00711. The van der Waals surface area contributed by atoms with Crippen molar-refractivity contribution in [2.24, 2.45) is 0 Å². The molecule has 3 aromatic heterocycles. The van der Waals surface area contributed by atoms with Crippen LogP contribution in [0.5, 0.6) is 0 Å². The van der Waals surface area contributed by atoms with Crippen molar-refractivity contribution in [3.8, 4) is 0 Å². The van der Waals surface area contributed by atoms with E-state index in [9.17, 15) is 24.0 Å². The summed E-state index contributed by atoms with van der Waals surface area (Å²) in [5.41, 5.74) is 12.1. The third-order valence-electron chi connectivity index (χ3n) is 14.5. The van der Waals surface area contributed by atoms with E-state index in [1.165, 1.54) is 13.8 Å². The van der Waals surface area contributed by atoms with Crippen molar-refractivity contribution in [3.05, 3.63) is 69.3 Å². The molecule has 22 nitrogen and oxygen atoms in total. The molecule has 1 amide bonds. The van der Waals surface area contributed by atoms with E-state index in [1.807, 2.05) is 26.0 Å². The van der Waals surface area contributed by atoms with Crippen LogP contribution in [0.2, 0.25) is 0 Å². The molecule has 8 bridgehead atoms. The first-order valence-electron chi connectivity index (χ1n) is 27.8. The summed E-state index contributed by atoms with van der Waals surface area (Å²) in [4.78, 5) is 83.1. The molecule has 1 saturated heterocycles. The van der Waals surface area contributed by atoms with Crippen LogP contribution in [-0.4, -0.2) is 185 Å². The fourth-order valence-corrected chi connectivity index (χ4v) is 10.0. The van der Waals surface area contributed by atoms with Gasteiger partial charge in [0.15, 0.2) is 24.6 Å². The van der Waals surface area contributed by atoms with Gasteiger partial charge >= 0.3 is 23.9 Å². The van der Waals surface area contributed by atoms with Crippen LogP contribution in [0.15, 0.2) is 24.3 Å². The third kappa shape index (κ3) is 17.9. The Hall–Kier alpha value is -6.11. The number of amides is 1. The Morgan fingerprint density at radius 1 is 0.642 bits per heavy atom. The lowest BCUT2D eigenvalue weighted by atomic mass is 9.86. The highest BCUT2D eigenvalue weighted by Gasteiger charge is 2.53. The number of hydrogen-bond donors (Lipinski definition) is 2. The van der Waals surface area contributed by atoms with Gasteiger partial charge in [0.2, 0.25) is 5.91 Å². The molecule has 0 aromatic carbocycles. The summed E-state index contributed by atoms with van der Waals surface area (Å²) in [5.74, 6) is -3.10. The fourth-order valence-electron chi connectivity index (χ4n) is 10.0. The molecule has 7 atom stereocenters. The van der Waals surface area contributed by atoms with Crippen molar-refractivity contribution >= 4 is 63.0 Å². The van der Waals surface area contributed by atoms with E-state index in [2.05, 4.69) is 49.8 Å². The van der Waals surface area contributed by atoms with E-state index < -0.39 is 61.2 Å². The number of aromatic amines is 2. The Morgan fingerprint density at radius 3 is 1.79 bits per heavy atom. The number of ether oxygens (including phenoxy) is 12. The van der Waals surface area contributed by atoms with Crippen LogP contribution in [0.1, 0.15) is 125 Å². The number of esters is 4. The lowest BCUT2D eigenvalue weighted by Crippen LogP contribution is -2.62. The summed E-state index contributed by atoms with van der Waals surface area (Å²) in [6, 6.07) is 8.22. The number of likely N-dealkylation sites (N-methyl/N-ethyl adjacent to an activating group) is 1. The molecule has 22 heteroatoms. The number of H-pyrrole nitrogens is 2. The van der Waals surface area contributed by atoms with Gasteiger partial charge in [0.05, 0.1) is 90.7 Å². The number of carbonyl (C=O) groups is 5. The average Bonchev–Trinajstić information content (AvgIpc) is 4.32. The lowest BCUT2D eigenvalue weighted by Gasteiger charge is -2.44. The summed E-state index contributed by atoms with van der Waals surface area (Å²) in [5, 5.41) is 0.